The number of fused-ring (bicyclic) bond motifs is 3. The zero-order valence-electron chi connectivity index (χ0n) is 23.7. The van der Waals surface area contributed by atoms with Gasteiger partial charge in [0.2, 0.25) is 0 Å². The number of hydrogen-bond acceptors (Lipinski definition) is 9. The molecule has 0 spiro atoms. The van der Waals surface area contributed by atoms with Crippen molar-refractivity contribution >= 4 is 44.0 Å². The molecule has 11 heteroatoms. The Morgan fingerprint density at radius 1 is 1.00 bits per heavy atom. The number of pyridine rings is 3. The van der Waals surface area contributed by atoms with Crippen molar-refractivity contribution in [2.75, 3.05) is 35.2 Å². The Labute approximate surface area is 250 Å². The maximum atomic E-state index is 13.0. The van der Waals surface area contributed by atoms with E-state index < -0.39 is 9.84 Å². The van der Waals surface area contributed by atoms with Gasteiger partial charge in [-0.15, -0.1) is 0 Å². The highest BCUT2D eigenvalue weighted by atomic mass is 32.2. The number of sulfone groups is 1. The third-order valence-corrected chi connectivity index (χ3v) is 10.5. The lowest BCUT2D eigenvalue weighted by Crippen LogP contribution is -2.41. The number of nitrogens with zero attached hydrogens (tertiary/aromatic N) is 5. The van der Waals surface area contributed by atoms with Crippen LogP contribution in [0, 0.1) is 0 Å². The first-order valence-corrected chi connectivity index (χ1v) is 16.6. The molecule has 0 atom stereocenters. The normalized spacial score (nSPS) is 19.4. The number of aromatic nitrogens is 3. The molecule has 1 aromatic carbocycles. The fraction of sp³-hybridized carbons (Fsp3) is 0.375. The third kappa shape index (κ3) is 5.10. The van der Waals surface area contributed by atoms with Gasteiger partial charge in [0, 0.05) is 42.5 Å². The number of nitrogens with one attached hydrogen (secondary N) is 1. The van der Waals surface area contributed by atoms with Crippen molar-refractivity contribution in [1.29, 1.82) is 0 Å². The molecule has 1 N–H and O–H groups in total. The van der Waals surface area contributed by atoms with E-state index in [1.54, 1.807) is 18.3 Å². The Morgan fingerprint density at radius 2 is 1.88 bits per heavy atom. The zero-order chi connectivity index (χ0) is 29.1. The fourth-order valence-electron chi connectivity index (χ4n) is 6.08. The number of benzene rings is 1. The van der Waals surface area contributed by atoms with Crippen LogP contribution in [-0.4, -0.2) is 60.8 Å². The maximum absolute atomic E-state index is 13.0. The van der Waals surface area contributed by atoms with Gasteiger partial charge in [0.15, 0.2) is 15.7 Å². The van der Waals surface area contributed by atoms with E-state index in [9.17, 15) is 13.2 Å². The van der Waals surface area contributed by atoms with Gasteiger partial charge in [0.25, 0.3) is 5.91 Å². The maximum Gasteiger partial charge on any atom is 0.251 e. The summed E-state index contributed by atoms with van der Waals surface area (Å²) in [5.74, 6) is 1.99. The molecule has 2 saturated carbocycles. The van der Waals surface area contributed by atoms with Crippen molar-refractivity contribution in [1.82, 2.24) is 20.3 Å². The molecule has 220 valence electrons. The minimum absolute atomic E-state index is 0.0968. The molecule has 2 fully saturated rings. The molecular formula is C32H32N6O4S. The third-order valence-electron chi connectivity index (χ3n) is 8.77. The lowest BCUT2D eigenvalue weighted by atomic mass is 10.1. The number of rotatable bonds is 6. The summed E-state index contributed by atoms with van der Waals surface area (Å²) >= 11 is 0. The molecule has 0 bridgehead atoms. The molecule has 4 aromatic rings. The number of anilines is 3. The molecule has 0 radical (unpaired) electrons. The van der Waals surface area contributed by atoms with Crippen molar-refractivity contribution in [2.45, 2.75) is 55.7 Å². The second-order valence-electron chi connectivity index (χ2n) is 11.9. The van der Waals surface area contributed by atoms with Crippen LogP contribution in [0.4, 0.5) is 17.3 Å². The standard InChI is InChI=1S/C32H32N6O4S/c39-32(21-3-4-23-19-42-11-12-43(40,41)29(23)14-21)35-18-25-15-27-22(16-33-25)5-8-30(36-27)38-10-9-37(26-6-7-26)28-13-24(20-1-2-20)17-34-31(28)38/h3-5,8,13-17,20,26H,1-2,6-7,9-12,18-19H2,(H,35,39). The molecule has 2 aliphatic carbocycles. The smallest absolute Gasteiger partial charge is 0.251 e. The molecule has 2 aliphatic heterocycles. The Kier molecular flexibility index (Phi) is 6.34. The lowest BCUT2D eigenvalue weighted by molar-refractivity contribution is 0.0950. The molecule has 4 aliphatic rings. The van der Waals surface area contributed by atoms with Crippen LogP contribution in [0.1, 0.15) is 58.8 Å². The van der Waals surface area contributed by atoms with Gasteiger partial charge in [-0.05, 0) is 79.1 Å². The summed E-state index contributed by atoms with van der Waals surface area (Å²) in [5, 5.41) is 3.79. The highest BCUT2D eigenvalue weighted by molar-refractivity contribution is 7.91. The Bertz CT molecular complexity index is 1870. The van der Waals surface area contributed by atoms with E-state index in [0.717, 1.165) is 35.6 Å². The van der Waals surface area contributed by atoms with Crippen molar-refractivity contribution in [2.24, 2.45) is 0 Å². The van der Waals surface area contributed by atoms with Crippen LogP contribution in [0.15, 0.2) is 59.8 Å². The molecule has 0 saturated heterocycles. The van der Waals surface area contributed by atoms with Gasteiger partial charge in [-0.3, -0.25) is 9.78 Å². The molecule has 10 nitrogen and oxygen atoms in total. The molecule has 3 aromatic heterocycles. The number of carbonyl (C=O) groups is 1. The first-order chi connectivity index (χ1) is 20.9. The van der Waals surface area contributed by atoms with E-state index in [-0.39, 0.29) is 41.9 Å². The highest BCUT2D eigenvalue weighted by Crippen LogP contribution is 2.46. The van der Waals surface area contributed by atoms with Crippen molar-refractivity contribution < 1.29 is 17.9 Å². The number of carbonyl (C=O) groups excluding carboxylic acids is 1. The van der Waals surface area contributed by atoms with Crippen LogP contribution in [0.25, 0.3) is 10.9 Å². The van der Waals surface area contributed by atoms with Gasteiger partial charge in [-0.1, -0.05) is 6.07 Å². The Morgan fingerprint density at radius 3 is 2.72 bits per heavy atom. The summed E-state index contributed by atoms with van der Waals surface area (Å²) in [7, 11) is -3.50. The van der Waals surface area contributed by atoms with Crippen molar-refractivity contribution in [3.63, 3.8) is 0 Å². The fourth-order valence-corrected chi connectivity index (χ4v) is 7.47. The van der Waals surface area contributed by atoms with E-state index in [1.807, 2.05) is 24.4 Å². The average Bonchev–Trinajstić information content (AvgIpc) is 3.93. The monoisotopic (exact) mass is 596 g/mol. The van der Waals surface area contributed by atoms with Gasteiger partial charge in [-0.2, -0.15) is 0 Å². The lowest BCUT2D eigenvalue weighted by Gasteiger charge is -2.38. The van der Waals surface area contributed by atoms with Gasteiger partial charge in [0.1, 0.15) is 5.82 Å². The summed E-state index contributed by atoms with van der Waals surface area (Å²) in [5.41, 5.74) is 4.86. The van der Waals surface area contributed by atoms with Crippen molar-refractivity contribution in [3.05, 3.63) is 77.2 Å². The number of hydrogen-bond donors (Lipinski definition) is 1. The van der Waals surface area contributed by atoms with E-state index in [1.165, 1.54) is 43.0 Å². The van der Waals surface area contributed by atoms with E-state index in [2.05, 4.69) is 26.2 Å². The summed E-state index contributed by atoms with van der Waals surface area (Å²) in [6.45, 7) is 2.29. The average molecular weight is 597 g/mol. The minimum Gasteiger partial charge on any atom is -0.376 e. The van der Waals surface area contributed by atoms with Gasteiger partial charge in [0.05, 0.1) is 47.3 Å². The second kappa shape index (κ2) is 10.3. The first-order valence-electron chi connectivity index (χ1n) is 14.9. The predicted molar refractivity (Wildman–Crippen MR) is 162 cm³/mol. The molecular weight excluding hydrogens is 564 g/mol. The predicted octanol–water partition coefficient (Wildman–Crippen LogP) is 4.26. The zero-order valence-corrected chi connectivity index (χ0v) is 24.5. The van der Waals surface area contributed by atoms with Crippen LogP contribution in [0.5, 0.6) is 0 Å². The first kappa shape index (κ1) is 26.5. The van der Waals surface area contributed by atoms with Gasteiger partial charge >= 0.3 is 0 Å². The van der Waals surface area contributed by atoms with Crippen LogP contribution >= 0.6 is 0 Å². The van der Waals surface area contributed by atoms with Gasteiger partial charge in [-0.25, -0.2) is 18.4 Å². The molecule has 8 rings (SSSR count). The second-order valence-corrected chi connectivity index (χ2v) is 14.0. The van der Waals surface area contributed by atoms with E-state index >= 15 is 0 Å². The molecule has 0 unspecified atom stereocenters. The Hall–Kier alpha value is -4.09. The van der Waals surface area contributed by atoms with Gasteiger partial charge < -0.3 is 19.9 Å². The summed E-state index contributed by atoms with van der Waals surface area (Å²) in [4.78, 5) is 32.4. The molecule has 1 amide bonds. The summed E-state index contributed by atoms with van der Waals surface area (Å²) in [6, 6.07) is 13.6. The quantitative estimate of drug-likeness (QED) is 0.348. The number of amides is 1. The van der Waals surface area contributed by atoms with E-state index in [4.69, 9.17) is 14.7 Å². The molecule has 43 heavy (non-hydrogen) atoms. The Balaban J connectivity index is 1.03. The van der Waals surface area contributed by atoms with E-state index in [0.29, 0.717) is 23.2 Å². The van der Waals surface area contributed by atoms with Crippen LogP contribution in [-0.2, 0) is 27.7 Å². The largest absolute Gasteiger partial charge is 0.376 e. The minimum atomic E-state index is -3.50. The topological polar surface area (TPSA) is 118 Å². The van der Waals surface area contributed by atoms with Crippen LogP contribution in [0.2, 0.25) is 0 Å². The van der Waals surface area contributed by atoms with Crippen molar-refractivity contribution in [3.8, 4) is 0 Å². The summed E-state index contributed by atoms with van der Waals surface area (Å²) in [6.07, 6.45) is 8.80. The SMILES string of the molecule is O=C(NCc1cc2nc(N3CCN(C4CC4)c4cc(C5CC5)cnc43)ccc2cn1)c1ccc2c(c1)S(=O)(=O)CCOC2. The highest BCUT2D eigenvalue weighted by Gasteiger charge is 2.36. The van der Waals surface area contributed by atoms with Crippen LogP contribution in [0.3, 0.4) is 0 Å². The number of ether oxygens (including phenoxy) is 1. The summed E-state index contributed by atoms with van der Waals surface area (Å²) < 4.78 is 30.7. The molecule has 5 heterocycles. The van der Waals surface area contributed by atoms with Crippen LogP contribution < -0.4 is 15.1 Å².